The standard InChI is InChI=1S/C21H20N2O4S2/c1-22(12-17(25)15-7-9-16(24)10-8-15)19(26)13-23-20(27)18(29-21(23)28)11-14-5-3-2-4-6-14/h2-11,17,24-25H,12-13H2,1H3/b18-11+/t17-/m0/s1. The van der Waals surface area contributed by atoms with Crippen molar-refractivity contribution in [2.45, 2.75) is 6.10 Å². The SMILES string of the molecule is CN(C[C@H](O)c1ccc(O)cc1)C(=O)CN1C(=O)/C(=C\c2ccccc2)SC1=S. The Morgan fingerprint density at radius 2 is 1.86 bits per heavy atom. The van der Waals surface area contributed by atoms with E-state index in [1.165, 1.54) is 33.7 Å². The lowest BCUT2D eigenvalue weighted by atomic mass is 10.1. The summed E-state index contributed by atoms with van der Waals surface area (Å²) >= 11 is 6.44. The molecule has 29 heavy (non-hydrogen) atoms. The van der Waals surface area contributed by atoms with Crippen LogP contribution >= 0.6 is 24.0 Å². The third-order valence-corrected chi connectivity index (χ3v) is 5.79. The summed E-state index contributed by atoms with van der Waals surface area (Å²) in [6, 6.07) is 15.5. The third-order valence-electron chi connectivity index (χ3n) is 4.41. The molecule has 150 valence electrons. The molecule has 0 radical (unpaired) electrons. The minimum atomic E-state index is -0.909. The summed E-state index contributed by atoms with van der Waals surface area (Å²) in [4.78, 5) is 28.3. The largest absolute Gasteiger partial charge is 0.508 e. The van der Waals surface area contributed by atoms with E-state index in [1.807, 2.05) is 30.3 Å². The van der Waals surface area contributed by atoms with E-state index in [0.717, 1.165) is 5.56 Å². The van der Waals surface area contributed by atoms with E-state index in [0.29, 0.717) is 14.8 Å². The molecule has 0 unspecified atom stereocenters. The minimum Gasteiger partial charge on any atom is -0.508 e. The lowest BCUT2D eigenvalue weighted by Gasteiger charge is -2.23. The van der Waals surface area contributed by atoms with Crippen LogP contribution in [0.2, 0.25) is 0 Å². The van der Waals surface area contributed by atoms with Crippen LogP contribution in [0.5, 0.6) is 5.75 Å². The van der Waals surface area contributed by atoms with Gasteiger partial charge in [0.15, 0.2) is 0 Å². The van der Waals surface area contributed by atoms with E-state index < -0.39 is 6.10 Å². The second-order valence-corrected chi connectivity index (χ2v) is 8.24. The van der Waals surface area contributed by atoms with Gasteiger partial charge in [-0.2, -0.15) is 0 Å². The Hall–Kier alpha value is -2.68. The Morgan fingerprint density at radius 3 is 2.52 bits per heavy atom. The number of aliphatic hydroxyl groups excluding tert-OH is 1. The second-order valence-electron chi connectivity index (χ2n) is 6.56. The smallest absolute Gasteiger partial charge is 0.266 e. The molecule has 1 fully saturated rings. The number of carbonyl (C=O) groups is 2. The van der Waals surface area contributed by atoms with Gasteiger partial charge in [-0.25, -0.2) is 0 Å². The number of likely N-dealkylation sites (N-methyl/N-ethyl adjacent to an activating group) is 1. The number of thioether (sulfide) groups is 1. The number of rotatable bonds is 6. The Balaban J connectivity index is 1.62. The summed E-state index contributed by atoms with van der Waals surface area (Å²) < 4.78 is 0.331. The molecular formula is C21H20N2O4S2. The average molecular weight is 429 g/mol. The van der Waals surface area contributed by atoms with Gasteiger partial charge in [-0.1, -0.05) is 66.4 Å². The molecule has 1 aliphatic rings. The number of benzene rings is 2. The fraction of sp³-hybridized carbons (Fsp3) is 0.190. The van der Waals surface area contributed by atoms with Crippen LogP contribution in [0.3, 0.4) is 0 Å². The van der Waals surface area contributed by atoms with Gasteiger partial charge >= 0.3 is 0 Å². The summed E-state index contributed by atoms with van der Waals surface area (Å²) in [6.07, 6.45) is 0.843. The Morgan fingerprint density at radius 1 is 1.21 bits per heavy atom. The van der Waals surface area contributed by atoms with Crippen molar-refractivity contribution in [1.82, 2.24) is 9.80 Å². The minimum absolute atomic E-state index is 0.0538. The number of amides is 2. The molecule has 2 N–H and O–H groups in total. The van der Waals surface area contributed by atoms with Crippen molar-refractivity contribution in [3.63, 3.8) is 0 Å². The maximum atomic E-state index is 12.7. The fourth-order valence-corrected chi connectivity index (χ4v) is 4.01. The zero-order valence-electron chi connectivity index (χ0n) is 15.7. The van der Waals surface area contributed by atoms with Crippen molar-refractivity contribution in [3.05, 3.63) is 70.6 Å². The second kappa shape index (κ2) is 9.21. The summed E-state index contributed by atoms with van der Waals surface area (Å²) in [5.74, 6) is -0.534. The van der Waals surface area contributed by atoms with E-state index in [1.54, 1.807) is 25.3 Å². The summed E-state index contributed by atoms with van der Waals surface area (Å²) in [5, 5.41) is 19.6. The van der Waals surface area contributed by atoms with Crippen LogP contribution in [-0.2, 0) is 9.59 Å². The van der Waals surface area contributed by atoms with Gasteiger partial charge in [0.05, 0.1) is 17.6 Å². The highest BCUT2D eigenvalue weighted by molar-refractivity contribution is 8.26. The van der Waals surface area contributed by atoms with Gasteiger partial charge < -0.3 is 15.1 Å². The number of aromatic hydroxyl groups is 1. The molecule has 3 rings (SSSR count). The zero-order valence-corrected chi connectivity index (χ0v) is 17.3. The quantitative estimate of drug-likeness (QED) is 0.544. The van der Waals surface area contributed by atoms with Crippen molar-refractivity contribution in [2.75, 3.05) is 20.1 Å². The van der Waals surface area contributed by atoms with Crippen molar-refractivity contribution < 1.29 is 19.8 Å². The van der Waals surface area contributed by atoms with E-state index in [4.69, 9.17) is 12.2 Å². The molecule has 0 aliphatic carbocycles. The first-order chi connectivity index (χ1) is 13.8. The number of phenols is 1. The monoisotopic (exact) mass is 428 g/mol. The van der Waals surface area contributed by atoms with Crippen LogP contribution in [0.4, 0.5) is 0 Å². The number of nitrogens with zero attached hydrogens (tertiary/aromatic N) is 2. The molecule has 1 atom stereocenters. The number of phenolic OH excluding ortho intramolecular Hbond substituents is 1. The molecule has 1 heterocycles. The zero-order chi connectivity index (χ0) is 21.0. The number of thiocarbonyl (C=S) groups is 1. The van der Waals surface area contributed by atoms with Gasteiger partial charge in [0, 0.05) is 7.05 Å². The third kappa shape index (κ3) is 5.23. The maximum absolute atomic E-state index is 12.7. The van der Waals surface area contributed by atoms with Crippen LogP contribution in [0.1, 0.15) is 17.2 Å². The predicted octanol–water partition coefficient (Wildman–Crippen LogP) is 2.79. The van der Waals surface area contributed by atoms with E-state index >= 15 is 0 Å². The molecule has 1 aliphatic heterocycles. The van der Waals surface area contributed by atoms with Gasteiger partial charge in [-0.3, -0.25) is 14.5 Å². The molecule has 0 bridgehead atoms. The highest BCUT2D eigenvalue weighted by atomic mass is 32.2. The topological polar surface area (TPSA) is 81.1 Å². The van der Waals surface area contributed by atoms with Crippen LogP contribution in [0, 0.1) is 0 Å². The van der Waals surface area contributed by atoms with E-state index in [-0.39, 0.29) is 30.7 Å². The predicted molar refractivity (Wildman–Crippen MR) is 117 cm³/mol. The molecule has 6 nitrogen and oxygen atoms in total. The fourth-order valence-electron chi connectivity index (χ4n) is 2.76. The Labute approximate surface area is 178 Å². The average Bonchev–Trinajstić information content (AvgIpc) is 2.96. The van der Waals surface area contributed by atoms with Crippen molar-refractivity contribution in [1.29, 1.82) is 0 Å². The molecular weight excluding hydrogens is 408 g/mol. The highest BCUT2D eigenvalue weighted by Gasteiger charge is 2.34. The number of hydrogen-bond acceptors (Lipinski definition) is 6. The van der Waals surface area contributed by atoms with E-state index in [9.17, 15) is 19.8 Å². The molecule has 0 spiro atoms. The van der Waals surface area contributed by atoms with Crippen LogP contribution in [0.15, 0.2) is 59.5 Å². The highest BCUT2D eigenvalue weighted by Crippen LogP contribution is 2.32. The normalized spacial score (nSPS) is 16.3. The van der Waals surface area contributed by atoms with E-state index in [2.05, 4.69) is 0 Å². The van der Waals surface area contributed by atoms with Crippen molar-refractivity contribution in [3.8, 4) is 5.75 Å². The van der Waals surface area contributed by atoms with Crippen LogP contribution in [0.25, 0.3) is 6.08 Å². The van der Waals surface area contributed by atoms with Gasteiger partial charge in [0.2, 0.25) is 5.91 Å². The molecule has 2 amide bonds. The van der Waals surface area contributed by atoms with Gasteiger partial charge in [0.1, 0.15) is 16.6 Å². The lowest BCUT2D eigenvalue weighted by Crippen LogP contribution is -2.41. The van der Waals surface area contributed by atoms with Crippen molar-refractivity contribution in [2.24, 2.45) is 0 Å². The van der Waals surface area contributed by atoms with Gasteiger partial charge in [-0.15, -0.1) is 0 Å². The molecule has 2 aromatic rings. The summed E-state index contributed by atoms with van der Waals surface area (Å²) in [7, 11) is 1.56. The maximum Gasteiger partial charge on any atom is 0.266 e. The van der Waals surface area contributed by atoms with Crippen LogP contribution < -0.4 is 0 Å². The molecule has 0 aromatic heterocycles. The lowest BCUT2D eigenvalue weighted by molar-refractivity contribution is -0.135. The summed E-state index contributed by atoms with van der Waals surface area (Å²) in [5.41, 5.74) is 1.47. The van der Waals surface area contributed by atoms with Gasteiger partial charge in [-0.05, 0) is 29.3 Å². The van der Waals surface area contributed by atoms with Gasteiger partial charge in [0.25, 0.3) is 5.91 Å². The summed E-state index contributed by atoms with van der Waals surface area (Å²) in [6.45, 7) is -0.131. The number of hydrogen-bond donors (Lipinski definition) is 2. The van der Waals surface area contributed by atoms with Crippen molar-refractivity contribution >= 4 is 46.2 Å². The number of carbonyl (C=O) groups excluding carboxylic acids is 2. The first-order valence-electron chi connectivity index (χ1n) is 8.86. The Kier molecular flexibility index (Phi) is 6.68. The number of aliphatic hydroxyl groups is 1. The molecule has 0 saturated carbocycles. The molecule has 8 heteroatoms. The first-order valence-corrected chi connectivity index (χ1v) is 10.1. The molecule has 2 aromatic carbocycles. The molecule has 1 saturated heterocycles. The first kappa shape index (κ1) is 21.0. The Bertz CT molecular complexity index is 945. The van der Waals surface area contributed by atoms with Crippen LogP contribution in [-0.4, -0.2) is 56.3 Å².